The van der Waals surface area contributed by atoms with Crippen LogP contribution in [0.5, 0.6) is 0 Å². The summed E-state index contributed by atoms with van der Waals surface area (Å²) in [6.45, 7) is 7.34. The molecule has 140 valence electrons. The fraction of sp³-hybridized carbons (Fsp3) is 0.438. The lowest BCUT2D eigenvalue weighted by Crippen LogP contribution is -2.18. The predicted octanol–water partition coefficient (Wildman–Crippen LogP) is 2.31. The van der Waals surface area contributed by atoms with Crippen molar-refractivity contribution in [2.24, 2.45) is 0 Å². The lowest BCUT2D eigenvalue weighted by atomic mass is 10.2. The summed E-state index contributed by atoms with van der Waals surface area (Å²) in [6.07, 6.45) is 0.603. The molecule has 0 radical (unpaired) electrons. The third kappa shape index (κ3) is 4.92. The van der Waals surface area contributed by atoms with E-state index < -0.39 is 5.97 Å². The molecule has 2 aromatic rings. The fourth-order valence-corrected chi connectivity index (χ4v) is 3.78. The number of nitrogens with zero attached hydrogens (tertiary/aromatic N) is 2. The molecule has 2 aromatic heterocycles. The monoisotopic (exact) mass is 396 g/mol. The number of thiazole rings is 1. The van der Waals surface area contributed by atoms with E-state index in [1.165, 1.54) is 0 Å². The van der Waals surface area contributed by atoms with Gasteiger partial charge in [0, 0.05) is 11.3 Å². The molecule has 0 atom stereocenters. The Kier molecular flexibility index (Phi) is 6.92. The average Bonchev–Trinajstić information content (AvgIpc) is 2.93. The lowest BCUT2D eigenvalue weighted by Gasteiger charge is -2.05. The standard InChI is InChI=1S/C16H20N4O4S2/c1-5-10-8(3)17-15(20-13(10)22)25-7-11(21)19-16-18-9(4)12(26-16)14(23)24-6-2/h5-7H2,1-4H3,(H,17,20,22)(H,18,19,21). The van der Waals surface area contributed by atoms with Gasteiger partial charge in [-0.15, -0.1) is 0 Å². The van der Waals surface area contributed by atoms with Crippen LogP contribution in [0.4, 0.5) is 5.13 Å². The van der Waals surface area contributed by atoms with Crippen LogP contribution < -0.4 is 10.9 Å². The molecule has 10 heteroatoms. The first kappa shape index (κ1) is 20.1. The van der Waals surface area contributed by atoms with Crippen LogP contribution in [0, 0.1) is 13.8 Å². The SMILES string of the molecule is CCOC(=O)c1sc(NC(=O)CSc2nc(C)c(CC)c(=O)[nH]2)nc1C. The van der Waals surface area contributed by atoms with Gasteiger partial charge in [0.1, 0.15) is 4.88 Å². The minimum atomic E-state index is -0.453. The minimum absolute atomic E-state index is 0.0568. The van der Waals surface area contributed by atoms with Gasteiger partial charge in [0.2, 0.25) is 5.91 Å². The number of aromatic amines is 1. The van der Waals surface area contributed by atoms with E-state index in [0.717, 1.165) is 23.1 Å². The highest BCUT2D eigenvalue weighted by atomic mass is 32.2. The number of rotatable bonds is 7. The quantitative estimate of drug-likeness (QED) is 0.419. The molecule has 2 rings (SSSR count). The first-order chi connectivity index (χ1) is 12.3. The summed E-state index contributed by atoms with van der Waals surface area (Å²) in [4.78, 5) is 47.3. The van der Waals surface area contributed by atoms with Gasteiger partial charge >= 0.3 is 5.97 Å². The zero-order valence-corrected chi connectivity index (χ0v) is 16.6. The topological polar surface area (TPSA) is 114 Å². The number of anilines is 1. The van der Waals surface area contributed by atoms with Gasteiger partial charge in [0.15, 0.2) is 10.3 Å². The zero-order valence-electron chi connectivity index (χ0n) is 15.0. The van der Waals surface area contributed by atoms with Crippen LogP contribution in [0.3, 0.4) is 0 Å². The average molecular weight is 396 g/mol. The summed E-state index contributed by atoms with van der Waals surface area (Å²) >= 11 is 2.19. The van der Waals surface area contributed by atoms with E-state index >= 15 is 0 Å². The molecule has 0 saturated carbocycles. The first-order valence-corrected chi connectivity index (χ1v) is 9.82. The fourth-order valence-electron chi connectivity index (χ4n) is 2.19. The number of amides is 1. The van der Waals surface area contributed by atoms with Crippen molar-refractivity contribution in [1.82, 2.24) is 15.0 Å². The Morgan fingerprint density at radius 3 is 2.58 bits per heavy atom. The molecule has 1 amide bonds. The van der Waals surface area contributed by atoms with Gasteiger partial charge in [0.05, 0.1) is 18.1 Å². The number of H-pyrrole nitrogens is 1. The van der Waals surface area contributed by atoms with Crippen molar-refractivity contribution in [3.63, 3.8) is 0 Å². The van der Waals surface area contributed by atoms with E-state index in [9.17, 15) is 14.4 Å². The zero-order chi connectivity index (χ0) is 19.3. The van der Waals surface area contributed by atoms with Crippen LogP contribution in [0.1, 0.15) is 40.5 Å². The van der Waals surface area contributed by atoms with Crippen LogP contribution >= 0.6 is 23.1 Å². The van der Waals surface area contributed by atoms with Crippen molar-refractivity contribution in [2.75, 3.05) is 17.7 Å². The van der Waals surface area contributed by atoms with Crippen molar-refractivity contribution >= 4 is 40.1 Å². The van der Waals surface area contributed by atoms with Gasteiger partial charge in [-0.25, -0.2) is 14.8 Å². The number of aryl methyl sites for hydroxylation is 2. The molecule has 0 fully saturated rings. The predicted molar refractivity (Wildman–Crippen MR) is 101 cm³/mol. The second-order valence-electron chi connectivity index (χ2n) is 5.28. The Morgan fingerprint density at radius 2 is 1.96 bits per heavy atom. The van der Waals surface area contributed by atoms with Crippen LogP contribution in [0.15, 0.2) is 9.95 Å². The van der Waals surface area contributed by atoms with Gasteiger partial charge < -0.3 is 15.0 Å². The van der Waals surface area contributed by atoms with Crippen LogP contribution in [0.25, 0.3) is 0 Å². The third-order valence-electron chi connectivity index (χ3n) is 3.40. The van der Waals surface area contributed by atoms with Crippen LogP contribution in [-0.2, 0) is 16.0 Å². The molecule has 0 aliphatic rings. The van der Waals surface area contributed by atoms with E-state index in [0.29, 0.717) is 38.5 Å². The second kappa shape index (κ2) is 8.95. The van der Waals surface area contributed by atoms with E-state index in [4.69, 9.17) is 4.74 Å². The van der Waals surface area contributed by atoms with Gasteiger partial charge in [-0.3, -0.25) is 9.59 Å². The third-order valence-corrected chi connectivity index (χ3v) is 5.32. The van der Waals surface area contributed by atoms with Gasteiger partial charge in [0.25, 0.3) is 5.56 Å². The summed E-state index contributed by atoms with van der Waals surface area (Å²) < 4.78 is 4.95. The Labute approximate surface area is 158 Å². The number of hydrogen-bond donors (Lipinski definition) is 2. The molecule has 0 aliphatic heterocycles. The van der Waals surface area contributed by atoms with Crippen molar-refractivity contribution in [2.45, 2.75) is 39.3 Å². The van der Waals surface area contributed by atoms with Gasteiger partial charge in [-0.2, -0.15) is 0 Å². The van der Waals surface area contributed by atoms with E-state index in [-0.39, 0.29) is 23.8 Å². The maximum atomic E-state index is 12.1. The number of ether oxygens (including phenoxy) is 1. The van der Waals surface area contributed by atoms with E-state index in [1.54, 1.807) is 20.8 Å². The molecular formula is C16H20N4O4S2. The molecule has 0 aliphatic carbocycles. The van der Waals surface area contributed by atoms with Crippen molar-refractivity contribution in [3.8, 4) is 0 Å². The molecule has 2 heterocycles. The number of carbonyl (C=O) groups excluding carboxylic acids is 2. The van der Waals surface area contributed by atoms with Crippen LogP contribution in [0.2, 0.25) is 0 Å². The van der Waals surface area contributed by atoms with Crippen molar-refractivity contribution in [3.05, 3.63) is 32.2 Å². The molecular weight excluding hydrogens is 376 g/mol. The van der Waals surface area contributed by atoms with E-state index in [2.05, 4.69) is 20.3 Å². The molecule has 0 saturated heterocycles. The normalized spacial score (nSPS) is 10.6. The van der Waals surface area contributed by atoms with Gasteiger partial charge in [-0.05, 0) is 27.2 Å². The largest absolute Gasteiger partial charge is 0.462 e. The first-order valence-electron chi connectivity index (χ1n) is 8.02. The molecule has 26 heavy (non-hydrogen) atoms. The smallest absolute Gasteiger partial charge is 0.350 e. The molecule has 0 spiro atoms. The number of hydrogen-bond acceptors (Lipinski definition) is 8. The highest BCUT2D eigenvalue weighted by Gasteiger charge is 2.17. The number of esters is 1. The highest BCUT2D eigenvalue weighted by molar-refractivity contribution is 7.99. The minimum Gasteiger partial charge on any atom is -0.462 e. The summed E-state index contributed by atoms with van der Waals surface area (Å²) in [5.41, 5.74) is 1.63. The van der Waals surface area contributed by atoms with Crippen molar-refractivity contribution < 1.29 is 14.3 Å². The Hall–Kier alpha value is -2.20. The molecule has 0 aromatic carbocycles. The molecule has 0 bridgehead atoms. The Balaban J connectivity index is 1.98. The summed E-state index contributed by atoms with van der Waals surface area (Å²) in [5, 5.41) is 3.36. The lowest BCUT2D eigenvalue weighted by molar-refractivity contribution is -0.113. The molecule has 0 unspecified atom stereocenters. The molecule has 2 N–H and O–H groups in total. The Bertz CT molecular complexity index is 876. The number of carbonyl (C=O) groups is 2. The number of thioether (sulfide) groups is 1. The summed E-state index contributed by atoms with van der Waals surface area (Å²) in [6, 6.07) is 0. The maximum Gasteiger partial charge on any atom is 0.350 e. The highest BCUT2D eigenvalue weighted by Crippen LogP contribution is 2.24. The summed E-state index contributed by atoms with van der Waals surface area (Å²) in [7, 11) is 0. The molecule has 8 nitrogen and oxygen atoms in total. The van der Waals surface area contributed by atoms with Crippen LogP contribution in [-0.4, -0.2) is 39.2 Å². The Morgan fingerprint density at radius 1 is 1.23 bits per heavy atom. The number of nitrogens with one attached hydrogen (secondary N) is 2. The second-order valence-corrected chi connectivity index (χ2v) is 7.24. The van der Waals surface area contributed by atoms with Crippen molar-refractivity contribution in [1.29, 1.82) is 0 Å². The van der Waals surface area contributed by atoms with E-state index in [1.807, 2.05) is 6.92 Å². The maximum absolute atomic E-state index is 12.1. The van der Waals surface area contributed by atoms with Gasteiger partial charge in [-0.1, -0.05) is 30.0 Å². The number of aromatic nitrogens is 3. The summed E-state index contributed by atoms with van der Waals surface area (Å²) in [5.74, 6) is -0.703.